The van der Waals surface area contributed by atoms with Crippen LogP contribution in [0.3, 0.4) is 0 Å². The number of nitrogen functional groups attached to an aromatic ring is 1. The summed E-state index contributed by atoms with van der Waals surface area (Å²) in [6.07, 6.45) is 0. The Labute approximate surface area is 196 Å². The van der Waals surface area contributed by atoms with Crippen molar-refractivity contribution in [3.05, 3.63) is 77.4 Å². The second-order valence-electron chi connectivity index (χ2n) is 7.03. The molecule has 0 aliphatic rings. The highest BCUT2D eigenvalue weighted by Gasteiger charge is 2.15. The average Bonchev–Trinajstić information content (AvgIpc) is 2.81. The van der Waals surface area contributed by atoms with Crippen molar-refractivity contribution < 1.29 is 27.5 Å². The van der Waals surface area contributed by atoms with E-state index in [1.807, 2.05) is 0 Å². The number of esters is 1. The number of carbonyl (C=O) groups excluding carboxylic acids is 2. The summed E-state index contributed by atoms with van der Waals surface area (Å²) in [5.41, 5.74) is 13.4. The number of rotatable bonds is 6. The number of hydrogen-bond acceptors (Lipinski definition) is 7. The zero-order chi connectivity index (χ0) is 24.9. The van der Waals surface area contributed by atoms with Gasteiger partial charge in [0.1, 0.15) is 5.75 Å². The first-order chi connectivity index (χ1) is 16.1. The summed E-state index contributed by atoms with van der Waals surface area (Å²) >= 11 is 0. The van der Waals surface area contributed by atoms with Gasteiger partial charge in [-0.25, -0.2) is 18.4 Å². The second kappa shape index (κ2) is 10.1. The predicted molar refractivity (Wildman–Crippen MR) is 126 cm³/mol. The molecule has 0 unspecified atom stereocenters. The highest BCUT2D eigenvalue weighted by Crippen LogP contribution is 2.30. The molecule has 0 saturated heterocycles. The lowest BCUT2D eigenvalue weighted by Crippen LogP contribution is -2.14. The van der Waals surface area contributed by atoms with E-state index in [9.17, 15) is 18.0 Å². The van der Waals surface area contributed by atoms with Gasteiger partial charge in [-0.3, -0.25) is 4.79 Å². The fourth-order valence-electron chi connectivity index (χ4n) is 3.04. The first kappa shape index (κ1) is 24.3. The summed E-state index contributed by atoms with van der Waals surface area (Å²) in [5, 5.41) is 5.13. The zero-order valence-corrected chi connectivity index (χ0v) is 18.9. The minimum atomic E-state index is -3.86. The second-order valence-corrected chi connectivity index (χ2v) is 8.59. The molecule has 9 nitrogen and oxygen atoms in total. The highest BCUT2D eigenvalue weighted by molar-refractivity contribution is 7.89. The SMILES string of the molecule is COc1ccc(C(=O)OCC#Cc2cc(C(N)=O)c(N)c(-c3ccc(S(N)(=O)=O)cc3)c2)cc1. The van der Waals surface area contributed by atoms with Crippen molar-refractivity contribution in [3.63, 3.8) is 0 Å². The maximum atomic E-state index is 12.1. The summed E-state index contributed by atoms with van der Waals surface area (Å²) < 4.78 is 33.2. The van der Waals surface area contributed by atoms with Crippen LogP contribution in [0.2, 0.25) is 0 Å². The van der Waals surface area contributed by atoms with Crippen LogP contribution in [0.5, 0.6) is 5.75 Å². The fourth-order valence-corrected chi connectivity index (χ4v) is 3.56. The van der Waals surface area contributed by atoms with Gasteiger partial charge in [-0.15, -0.1) is 0 Å². The van der Waals surface area contributed by atoms with Crippen molar-refractivity contribution in [3.8, 4) is 28.7 Å². The third-order valence-electron chi connectivity index (χ3n) is 4.77. The lowest BCUT2D eigenvalue weighted by Gasteiger charge is -2.11. The maximum absolute atomic E-state index is 12.1. The summed E-state index contributed by atoms with van der Waals surface area (Å²) in [6.45, 7) is -0.195. The van der Waals surface area contributed by atoms with E-state index in [1.54, 1.807) is 30.3 Å². The third kappa shape index (κ3) is 5.72. The quantitative estimate of drug-likeness (QED) is 0.276. The van der Waals surface area contributed by atoms with Crippen LogP contribution in [0, 0.1) is 11.8 Å². The van der Waals surface area contributed by atoms with Gasteiger partial charge in [0.05, 0.1) is 28.8 Å². The lowest BCUT2D eigenvalue weighted by atomic mass is 9.97. The van der Waals surface area contributed by atoms with Gasteiger partial charge in [0.15, 0.2) is 6.61 Å². The molecule has 0 aromatic heterocycles. The van der Waals surface area contributed by atoms with Gasteiger partial charge in [-0.05, 0) is 54.1 Å². The van der Waals surface area contributed by atoms with E-state index >= 15 is 0 Å². The van der Waals surface area contributed by atoms with Gasteiger partial charge < -0.3 is 20.9 Å². The van der Waals surface area contributed by atoms with E-state index in [0.29, 0.717) is 28.0 Å². The van der Waals surface area contributed by atoms with Crippen LogP contribution in [-0.2, 0) is 14.8 Å². The Morgan fingerprint density at radius 2 is 1.65 bits per heavy atom. The van der Waals surface area contributed by atoms with E-state index in [2.05, 4.69) is 11.8 Å². The number of anilines is 1. The molecule has 0 atom stereocenters. The maximum Gasteiger partial charge on any atom is 0.339 e. The average molecular weight is 480 g/mol. The number of methoxy groups -OCH3 is 1. The Bertz CT molecular complexity index is 1400. The van der Waals surface area contributed by atoms with Gasteiger partial charge in [-0.1, -0.05) is 24.0 Å². The Morgan fingerprint density at radius 1 is 1.00 bits per heavy atom. The minimum Gasteiger partial charge on any atom is -0.497 e. The van der Waals surface area contributed by atoms with Crippen molar-refractivity contribution >= 4 is 27.6 Å². The number of ether oxygens (including phenoxy) is 2. The van der Waals surface area contributed by atoms with Crippen molar-refractivity contribution in [1.29, 1.82) is 0 Å². The Morgan fingerprint density at radius 3 is 2.21 bits per heavy atom. The monoisotopic (exact) mass is 479 g/mol. The smallest absolute Gasteiger partial charge is 0.339 e. The number of hydrogen-bond donors (Lipinski definition) is 3. The number of carbonyl (C=O) groups is 2. The standard InChI is InChI=1S/C24H21N3O6S/c1-32-18-8-4-17(5-9-18)24(29)33-12-2-3-15-13-20(22(25)21(14-15)23(26)28)16-6-10-19(11-7-16)34(27,30)31/h4-11,13-14H,12,25H2,1H3,(H2,26,28)(H2,27,30,31). The number of amides is 1. The van der Waals surface area contributed by atoms with Crippen LogP contribution >= 0.6 is 0 Å². The normalized spacial score (nSPS) is 10.6. The van der Waals surface area contributed by atoms with E-state index in [4.69, 9.17) is 26.1 Å². The number of primary sulfonamides is 1. The number of nitrogens with two attached hydrogens (primary N) is 3. The molecule has 3 aromatic carbocycles. The number of benzene rings is 3. The minimum absolute atomic E-state index is 0.0487. The van der Waals surface area contributed by atoms with Crippen LogP contribution in [0.25, 0.3) is 11.1 Å². The van der Waals surface area contributed by atoms with Crippen LogP contribution in [0.15, 0.2) is 65.6 Å². The number of primary amides is 1. The molecule has 0 saturated carbocycles. The van der Waals surface area contributed by atoms with Crippen molar-refractivity contribution in [2.75, 3.05) is 19.5 Å². The Hall–Kier alpha value is -4.33. The van der Waals surface area contributed by atoms with E-state index in [-0.39, 0.29) is 22.8 Å². The Balaban J connectivity index is 1.84. The molecule has 0 fully saturated rings. The highest BCUT2D eigenvalue weighted by atomic mass is 32.2. The third-order valence-corrected chi connectivity index (χ3v) is 5.70. The molecule has 10 heteroatoms. The first-order valence-electron chi connectivity index (χ1n) is 9.76. The van der Waals surface area contributed by atoms with Gasteiger partial charge in [0, 0.05) is 11.1 Å². The molecule has 34 heavy (non-hydrogen) atoms. The summed E-state index contributed by atoms with van der Waals surface area (Å²) in [6, 6.07) is 15.1. The molecule has 0 radical (unpaired) electrons. The molecule has 0 heterocycles. The molecule has 0 aliphatic carbocycles. The topological polar surface area (TPSA) is 165 Å². The molecule has 6 N–H and O–H groups in total. The summed E-state index contributed by atoms with van der Waals surface area (Å²) in [7, 11) is -2.34. The first-order valence-corrected chi connectivity index (χ1v) is 11.3. The van der Waals surface area contributed by atoms with Crippen molar-refractivity contribution in [2.24, 2.45) is 10.9 Å². The molecular weight excluding hydrogens is 458 g/mol. The van der Waals surface area contributed by atoms with Gasteiger partial charge in [0.25, 0.3) is 5.91 Å². The molecule has 1 amide bonds. The van der Waals surface area contributed by atoms with Crippen LogP contribution in [0.4, 0.5) is 5.69 Å². The molecule has 0 spiro atoms. The zero-order valence-electron chi connectivity index (χ0n) is 18.1. The summed E-state index contributed by atoms with van der Waals surface area (Å²) in [5.74, 6) is 4.83. The van der Waals surface area contributed by atoms with E-state index < -0.39 is 21.9 Å². The molecule has 3 rings (SSSR count). The lowest BCUT2D eigenvalue weighted by molar-refractivity contribution is 0.0556. The number of sulfonamides is 1. The molecule has 0 bridgehead atoms. The van der Waals surface area contributed by atoms with Crippen LogP contribution in [0.1, 0.15) is 26.3 Å². The Kier molecular flexibility index (Phi) is 7.21. The molecule has 0 aliphatic heterocycles. The molecule has 174 valence electrons. The van der Waals surface area contributed by atoms with Gasteiger partial charge in [-0.2, -0.15) is 0 Å². The largest absolute Gasteiger partial charge is 0.497 e. The van der Waals surface area contributed by atoms with Crippen LogP contribution < -0.4 is 21.3 Å². The van der Waals surface area contributed by atoms with Gasteiger partial charge >= 0.3 is 5.97 Å². The molecular formula is C24H21N3O6S. The predicted octanol–water partition coefficient (Wildman–Crippen LogP) is 1.90. The van der Waals surface area contributed by atoms with Crippen LogP contribution in [-0.4, -0.2) is 34.0 Å². The van der Waals surface area contributed by atoms with Crippen molar-refractivity contribution in [1.82, 2.24) is 0 Å². The molecule has 3 aromatic rings. The van der Waals surface area contributed by atoms with E-state index in [1.165, 1.54) is 37.4 Å². The van der Waals surface area contributed by atoms with Gasteiger partial charge in [0.2, 0.25) is 10.0 Å². The van der Waals surface area contributed by atoms with E-state index in [0.717, 1.165) is 0 Å². The van der Waals surface area contributed by atoms with Crippen molar-refractivity contribution in [2.45, 2.75) is 4.90 Å². The fraction of sp³-hybridized carbons (Fsp3) is 0.0833. The summed E-state index contributed by atoms with van der Waals surface area (Å²) in [4.78, 5) is 23.9.